The van der Waals surface area contributed by atoms with Gasteiger partial charge in [0.15, 0.2) is 0 Å². The van der Waals surface area contributed by atoms with Crippen LogP contribution in [0.2, 0.25) is 0 Å². The maximum atomic E-state index is 12.2. The number of hydrogen-bond donors (Lipinski definition) is 2. The van der Waals surface area contributed by atoms with Crippen LogP contribution in [0.15, 0.2) is 46.9 Å². The molecule has 0 radical (unpaired) electrons. The van der Waals surface area contributed by atoms with Gasteiger partial charge in [0.05, 0.1) is 17.9 Å². The molecule has 2 heterocycles. The molecule has 3 aromatic rings. The number of nitrogens with one attached hydrogen (secondary N) is 1. The van der Waals surface area contributed by atoms with E-state index >= 15 is 0 Å². The average molecular weight is 339 g/mol. The number of aromatic nitrogens is 2. The van der Waals surface area contributed by atoms with Crippen molar-refractivity contribution >= 4 is 11.9 Å². The number of rotatable bonds is 5. The van der Waals surface area contributed by atoms with E-state index < -0.39 is 5.97 Å². The second-order valence-corrected chi connectivity index (χ2v) is 5.64. The number of furan rings is 1. The van der Waals surface area contributed by atoms with Gasteiger partial charge in [-0.3, -0.25) is 4.79 Å². The summed E-state index contributed by atoms with van der Waals surface area (Å²) in [6.07, 6.45) is 0. The molecule has 2 N–H and O–H groups in total. The molecule has 2 aromatic heterocycles. The van der Waals surface area contributed by atoms with Gasteiger partial charge in [-0.15, -0.1) is 0 Å². The molecule has 3 rings (SSSR count). The number of nitrogens with zero attached hydrogens (tertiary/aromatic N) is 2. The van der Waals surface area contributed by atoms with Crippen molar-refractivity contribution in [3.05, 3.63) is 70.9 Å². The van der Waals surface area contributed by atoms with Crippen molar-refractivity contribution in [1.29, 1.82) is 0 Å². The zero-order valence-electron chi connectivity index (χ0n) is 13.8. The van der Waals surface area contributed by atoms with Crippen molar-refractivity contribution in [2.24, 2.45) is 0 Å². The summed E-state index contributed by atoms with van der Waals surface area (Å²) in [5, 5.41) is 15.9. The van der Waals surface area contributed by atoms with Crippen molar-refractivity contribution in [3.8, 4) is 5.69 Å². The first-order valence-corrected chi connectivity index (χ1v) is 7.68. The summed E-state index contributed by atoms with van der Waals surface area (Å²) < 4.78 is 6.91. The molecule has 0 unspecified atom stereocenters. The minimum Gasteiger partial charge on any atom is -0.475 e. The van der Waals surface area contributed by atoms with E-state index in [2.05, 4.69) is 10.4 Å². The Morgan fingerprint density at radius 2 is 1.88 bits per heavy atom. The van der Waals surface area contributed by atoms with Gasteiger partial charge in [0, 0.05) is 11.3 Å². The molecule has 7 heteroatoms. The topological polar surface area (TPSA) is 97.4 Å². The fourth-order valence-corrected chi connectivity index (χ4v) is 2.50. The number of aryl methyl sites for hydroxylation is 2. The van der Waals surface area contributed by atoms with Gasteiger partial charge in [-0.05, 0) is 56.3 Å². The number of hydrogen-bond acceptors (Lipinski definition) is 4. The number of carboxylic acids is 1. The van der Waals surface area contributed by atoms with Crippen LogP contribution < -0.4 is 5.32 Å². The Morgan fingerprint density at radius 3 is 2.44 bits per heavy atom. The zero-order chi connectivity index (χ0) is 18.0. The van der Waals surface area contributed by atoms with E-state index in [4.69, 9.17) is 9.52 Å². The van der Waals surface area contributed by atoms with Gasteiger partial charge in [0.2, 0.25) is 5.76 Å². The molecule has 0 fully saturated rings. The molecule has 0 atom stereocenters. The van der Waals surface area contributed by atoms with E-state index in [9.17, 15) is 9.59 Å². The van der Waals surface area contributed by atoms with Crippen LogP contribution >= 0.6 is 0 Å². The lowest BCUT2D eigenvalue weighted by molar-refractivity contribution is 0.0660. The van der Waals surface area contributed by atoms with Gasteiger partial charge in [-0.2, -0.15) is 5.10 Å². The van der Waals surface area contributed by atoms with E-state index in [1.54, 1.807) is 12.1 Å². The summed E-state index contributed by atoms with van der Waals surface area (Å²) in [5.74, 6) is -1.19. The lowest BCUT2D eigenvalue weighted by atomic mass is 10.2. The second-order valence-electron chi connectivity index (χ2n) is 5.64. The summed E-state index contributed by atoms with van der Waals surface area (Å²) in [6.45, 7) is 4.01. The molecular formula is C18H17N3O4. The highest BCUT2D eigenvalue weighted by atomic mass is 16.4. The summed E-state index contributed by atoms with van der Waals surface area (Å²) in [4.78, 5) is 22.9. The minimum absolute atomic E-state index is 0.116. The highest BCUT2D eigenvalue weighted by Crippen LogP contribution is 2.13. The predicted molar refractivity (Wildman–Crippen MR) is 89.9 cm³/mol. The molecule has 0 bridgehead atoms. The number of amides is 1. The molecule has 1 aromatic carbocycles. The molecule has 0 spiro atoms. The quantitative estimate of drug-likeness (QED) is 0.745. The number of carbonyl (C=O) groups excluding carboxylic acids is 1. The molecule has 1 amide bonds. The summed E-state index contributed by atoms with van der Waals surface area (Å²) >= 11 is 0. The standard InChI is InChI=1S/C18H17N3O4/c1-11-9-12(2)21(20-11)14-5-3-13(4-6-14)17(22)19-10-15-7-8-16(25-15)18(23)24/h3-9H,10H2,1-2H3,(H,19,22)(H,23,24). The first-order chi connectivity index (χ1) is 11.9. The Bertz CT molecular complexity index is 922. The van der Waals surface area contributed by atoms with Crippen LogP contribution in [0.3, 0.4) is 0 Å². The van der Waals surface area contributed by atoms with Crippen molar-refractivity contribution in [3.63, 3.8) is 0 Å². The van der Waals surface area contributed by atoms with Crippen LogP contribution in [0.4, 0.5) is 0 Å². The molecule has 25 heavy (non-hydrogen) atoms. The van der Waals surface area contributed by atoms with Gasteiger partial charge in [0.1, 0.15) is 5.76 Å². The van der Waals surface area contributed by atoms with Gasteiger partial charge in [-0.25, -0.2) is 9.48 Å². The molecule has 128 valence electrons. The van der Waals surface area contributed by atoms with Crippen LogP contribution in [-0.2, 0) is 6.54 Å². The summed E-state index contributed by atoms with van der Waals surface area (Å²) in [6, 6.07) is 11.9. The molecule has 7 nitrogen and oxygen atoms in total. The Balaban J connectivity index is 1.66. The highest BCUT2D eigenvalue weighted by molar-refractivity contribution is 5.94. The number of benzene rings is 1. The number of aromatic carboxylic acids is 1. The Kier molecular flexibility index (Phi) is 4.38. The smallest absolute Gasteiger partial charge is 0.371 e. The molecule has 0 saturated heterocycles. The van der Waals surface area contributed by atoms with E-state index in [-0.39, 0.29) is 18.2 Å². The minimum atomic E-state index is -1.14. The third-order valence-electron chi connectivity index (χ3n) is 3.68. The molecule has 0 aliphatic carbocycles. The van der Waals surface area contributed by atoms with Crippen LogP contribution in [0, 0.1) is 13.8 Å². The van der Waals surface area contributed by atoms with Crippen molar-refractivity contribution in [2.45, 2.75) is 20.4 Å². The summed E-state index contributed by atoms with van der Waals surface area (Å²) in [7, 11) is 0. The normalized spacial score (nSPS) is 10.6. The van der Waals surface area contributed by atoms with E-state index in [1.807, 2.05) is 36.7 Å². The molecule has 0 saturated carbocycles. The Labute approximate surface area is 143 Å². The number of carbonyl (C=O) groups is 2. The Hall–Kier alpha value is -3.35. The van der Waals surface area contributed by atoms with Crippen LogP contribution in [-0.4, -0.2) is 26.8 Å². The fourth-order valence-electron chi connectivity index (χ4n) is 2.50. The van der Waals surface area contributed by atoms with Gasteiger partial charge in [-0.1, -0.05) is 0 Å². The molecule has 0 aliphatic heterocycles. The van der Waals surface area contributed by atoms with Crippen LogP contribution in [0.1, 0.15) is 38.1 Å². The second kappa shape index (κ2) is 6.64. The third-order valence-corrected chi connectivity index (χ3v) is 3.68. The maximum Gasteiger partial charge on any atom is 0.371 e. The predicted octanol–water partition coefficient (Wildman–Crippen LogP) is 2.71. The highest BCUT2D eigenvalue weighted by Gasteiger charge is 2.11. The SMILES string of the molecule is Cc1cc(C)n(-c2ccc(C(=O)NCc3ccc(C(=O)O)o3)cc2)n1. The monoisotopic (exact) mass is 339 g/mol. The van der Waals surface area contributed by atoms with E-state index in [1.165, 1.54) is 12.1 Å². The van der Waals surface area contributed by atoms with Crippen molar-refractivity contribution < 1.29 is 19.1 Å². The lowest BCUT2D eigenvalue weighted by Gasteiger charge is -2.07. The van der Waals surface area contributed by atoms with Crippen molar-refractivity contribution in [1.82, 2.24) is 15.1 Å². The third kappa shape index (κ3) is 3.60. The Morgan fingerprint density at radius 1 is 1.16 bits per heavy atom. The van der Waals surface area contributed by atoms with Crippen molar-refractivity contribution in [2.75, 3.05) is 0 Å². The lowest BCUT2D eigenvalue weighted by Crippen LogP contribution is -2.22. The van der Waals surface area contributed by atoms with Gasteiger partial charge < -0.3 is 14.8 Å². The molecular weight excluding hydrogens is 322 g/mol. The maximum absolute atomic E-state index is 12.2. The number of carboxylic acid groups (broad SMARTS) is 1. The summed E-state index contributed by atoms with van der Waals surface area (Å²) in [5.41, 5.74) is 3.31. The van der Waals surface area contributed by atoms with Gasteiger partial charge >= 0.3 is 5.97 Å². The van der Waals surface area contributed by atoms with Crippen LogP contribution in [0.5, 0.6) is 0 Å². The van der Waals surface area contributed by atoms with E-state index in [0.29, 0.717) is 11.3 Å². The largest absolute Gasteiger partial charge is 0.475 e. The van der Waals surface area contributed by atoms with Crippen LogP contribution in [0.25, 0.3) is 5.69 Å². The fraction of sp³-hybridized carbons (Fsp3) is 0.167. The zero-order valence-corrected chi connectivity index (χ0v) is 13.8. The first kappa shape index (κ1) is 16.5. The van der Waals surface area contributed by atoms with Gasteiger partial charge in [0.25, 0.3) is 5.91 Å². The van der Waals surface area contributed by atoms with E-state index in [0.717, 1.165) is 17.1 Å². The molecule has 0 aliphatic rings. The average Bonchev–Trinajstić information content (AvgIpc) is 3.19. The first-order valence-electron chi connectivity index (χ1n) is 7.68.